The molecule has 2 nitrogen and oxygen atoms in total. The van der Waals surface area contributed by atoms with Crippen molar-refractivity contribution in [2.45, 2.75) is 33.2 Å². The first-order valence-electron chi connectivity index (χ1n) is 5.48. The van der Waals surface area contributed by atoms with E-state index in [-0.39, 0.29) is 0 Å². The zero-order chi connectivity index (χ0) is 9.97. The SMILES string of the molecule is Cc1ccc(C)n1CC1CCOCC1. The van der Waals surface area contributed by atoms with E-state index in [9.17, 15) is 0 Å². The highest BCUT2D eigenvalue weighted by molar-refractivity contribution is 5.13. The molecule has 0 bridgehead atoms. The number of nitrogens with zero attached hydrogens (tertiary/aromatic N) is 1. The predicted octanol–water partition coefficient (Wildman–Crippen LogP) is 2.53. The van der Waals surface area contributed by atoms with Gasteiger partial charge in [0, 0.05) is 31.1 Å². The molecule has 0 aromatic carbocycles. The molecule has 0 aliphatic carbocycles. The summed E-state index contributed by atoms with van der Waals surface area (Å²) in [7, 11) is 0. The molecule has 0 spiro atoms. The van der Waals surface area contributed by atoms with Crippen LogP contribution in [-0.2, 0) is 11.3 Å². The van der Waals surface area contributed by atoms with E-state index in [1.54, 1.807) is 0 Å². The third-order valence-corrected chi connectivity index (χ3v) is 3.20. The summed E-state index contributed by atoms with van der Waals surface area (Å²) in [5.41, 5.74) is 2.77. The lowest BCUT2D eigenvalue weighted by molar-refractivity contribution is 0.0609. The quantitative estimate of drug-likeness (QED) is 0.704. The summed E-state index contributed by atoms with van der Waals surface area (Å²) < 4.78 is 7.80. The van der Waals surface area contributed by atoms with Crippen LogP contribution in [0.3, 0.4) is 0 Å². The van der Waals surface area contributed by atoms with Gasteiger partial charge in [-0.15, -0.1) is 0 Å². The molecule has 2 rings (SSSR count). The Morgan fingerprint density at radius 1 is 1.21 bits per heavy atom. The lowest BCUT2D eigenvalue weighted by Gasteiger charge is -2.23. The Morgan fingerprint density at radius 2 is 1.79 bits per heavy atom. The fourth-order valence-corrected chi connectivity index (χ4v) is 2.17. The molecule has 1 aromatic heterocycles. The van der Waals surface area contributed by atoms with Crippen molar-refractivity contribution >= 4 is 0 Å². The minimum atomic E-state index is 0.813. The van der Waals surface area contributed by atoms with E-state index in [0.717, 1.165) is 19.1 Å². The first-order chi connectivity index (χ1) is 6.77. The molecule has 2 heteroatoms. The van der Waals surface area contributed by atoms with Gasteiger partial charge in [-0.25, -0.2) is 0 Å². The Hall–Kier alpha value is -0.760. The van der Waals surface area contributed by atoms with E-state index in [1.807, 2.05) is 0 Å². The van der Waals surface area contributed by atoms with Gasteiger partial charge in [0.1, 0.15) is 0 Å². The molecule has 14 heavy (non-hydrogen) atoms. The maximum atomic E-state index is 5.37. The van der Waals surface area contributed by atoms with Crippen LogP contribution in [0.25, 0.3) is 0 Å². The molecule has 0 amide bonds. The number of aryl methyl sites for hydroxylation is 2. The lowest BCUT2D eigenvalue weighted by atomic mass is 10.0. The van der Waals surface area contributed by atoms with E-state index in [0.29, 0.717) is 0 Å². The van der Waals surface area contributed by atoms with E-state index in [1.165, 1.54) is 30.8 Å². The normalized spacial score (nSPS) is 18.7. The average Bonchev–Trinajstić information content (AvgIpc) is 2.51. The maximum absolute atomic E-state index is 5.37. The van der Waals surface area contributed by atoms with Gasteiger partial charge >= 0.3 is 0 Å². The molecular weight excluding hydrogens is 174 g/mol. The molecule has 0 radical (unpaired) electrons. The van der Waals surface area contributed by atoms with Crippen LogP contribution in [0.15, 0.2) is 12.1 Å². The molecule has 1 fully saturated rings. The van der Waals surface area contributed by atoms with Gasteiger partial charge in [0.2, 0.25) is 0 Å². The molecule has 78 valence electrons. The van der Waals surface area contributed by atoms with Crippen LogP contribution in [0.2, 0.25) is 0 Å². The summed E-state index contributed by atoms with van der Waals surface area (Å²) in [5.74, 6) is 0.813. The number of hydrogen-bond acceptors (Lipinski definition) is 1. The summed E-state index contributed by atoms with van der Waals surface area (Å²) in [6, 6.07) is 4.41. The molecule has 0 N–H and O–H groups in total. The third-order valence-electron chi connectivity index (χ3n) is 3.20. The Kier molecular flexibility index (Phi) is 2.92. The topological polar surface area (TPSA) is 14.2 Å². The largest absolute Gasteiger partial charge is 0.381 e. The molecule has 1 aliphatic heterocycles. The van der Waals surface area contributed by atoms with Crippen molar-refractivity contribution in [3.8, 4) is 0 Å². The minimum Gasteiger partial charge on any atom is -0.381 e. The van der Waals surface area contributed by atoms with Gasteiger partial charge < -0.3 is 9.30 Å². The Balaban J connectivity index is 2.02. The molecule has 0 unspecified atom stereocenters. The lowest BCUT2D eigenvalue weighted by Crippen LogP contribution is -2.21. The van der Waals surface area contributed by atoms with Gasteiger partial charge in [-0.1, -0.05) is 0 Å². The van der Waals surface area contributed by atoms with E-state index < -0.39 is 0 Å². The highest BCUT2D eigenvalue weighted by Crippen LogP contribution is 2.19. The molecule has 1 aliphatic rings. The number of hydrogen-bond donors (Lipinski definition) is 0. The first-order valence-corrected chi connectivity index (χ1v) is 5.48. The van der Waals surface area contributed by atoms with Crippen LogP contribution in [0.1, 0.15) is 24.2 Å². The van der Waals surface area contributed by atoms with Crippen molar-refractivity contribution in [3.63, 3.8) is 0 Å². The number of aromatic nitrogens is 1. The zero-order valence-electron chi connectivity index (χ0n) is 9.12. The van der Waals surface area contributed by atoms with Gasteiger partial charge in [0.25, 0.3) is 0 Å². The summed E-state index contributed by atoms with van der Waals surface area (Å²) in [5, 5.41) is 0. The van der Waals surface area contributed by atoms with Gasteiger partial charge in [-0.3, -0.25) is 0 Å². The second-order valence-corrected chi connectivity index (χ2v) is 4.28. The Bertz CT molecular complexity index is 278. The van der Waals surface area contributed by atoms with Crippen LogP contribution >= 0.6 is 0 Å². The van der Waals surface area contributed by atoms with Crippen molar-refractivity contribution < 1.29 is 4.74 Å². The Morgan fingerprint density at radius 3 is 2.36 bits per heavy atom. The second-order valence-electron chi connectivity index (χ2n) is 4.28. The molecule has 1 saturated heterocycles. The standard InChI is InChI=1S/C12H19NO/c1-10-3-4-11(2)13(10)9-12-5-7-14-8-6-12/h3-4,12H,5-9H2,1-2H3. The number of ether oxygens (including phenoxy) is 1. The maximum Gasteiger partial charge on any atom is 0.0469 e. The number of rotatable bonds is 2. The Labute approximate surface area is 85.9 Å². The molecule has 1 aromatic rings. The highest BCUT2D eigenvalue weighted by atomic mass is 16.5. The van der Waals surface area contributed by atoms with Crippen LogP contribution in [-0.4, -0.2) is 17.8 Å². The predicted molar refractivity (Wildman–Crippen MR) is 57.4 cm³/mol. The van der Waals surface area contributed by atoms with E-state index in [4.69, 9.17) is 4.74 Å². The minimum absolute atomic E-state index is 0.813. The van der Waals surface area contributed by atoms with Crippen molar-refractivity contribution in [1.82, 2.24) is 4.57 Å². The summed E-state index contributed by atoms with van der Waals surface area (Å²) in [6.45, 7) is 7.45. The fraction of sp³-hybridized carbons (Fsp3) is 0.667. The van der Waals surface area contributed by atoms with Crippen molar-refractivity contribution in [2.75, 3.05) is 13.2 Å². The molecular formula is C12H19NO. The van der Waals surface area contributed by atoms with E-state index in [2.05, 4.69) is 30.5 Å². The highest BCUT2D eigenvalue weighted by Gasteiger charge is 2.15. The monoisotopic (exact) mass is 193 g/mol. The molecule has 2 heterocycles. The van der Waals surface area contributed by atoms with Crippen LogP contribution in [0.5, 0.6) is 0 Å². The molecule has 0 atom stereocenters. The van der Waals surface area contributed by atoms with Gasteiger partial charge in [-0.2, -0.15) is 0 Å². The summed E-state index contributed by atoms with van der Waals surface area (Å²) in [6.07, 6.45) is 2.44. The third kappa shape index (κ3) is 2.01. The van der Waals surface area contributed by atoms with Gasteiger partial charge in [0.15, 0.2) is 0 Å². The smallest absolute Gasteiger partial charge is 0.0469 e. The fourth-order valence-electron chi connectivity index (χ4n) is 2.17. The summed E-state index contributed by atoms with van der Waals surface area (Å²) in [4.78, 5) is 0. The first kappa shape index (κ1) is 9.78. The van der Waals surface area contributed by atoms with Gasteiger partial charge in [0.05, 0.1) is 0 Å². The van der Waals surface area contributed by atoms with Crippen LogP contribution in [0, 0.1) is 19.8 Å². The second kappa shape index (κ2) is 4.18. The average molecular weight is 193 g/mol. The van der Waals surface area contributed by atoms with Gasteiger partial charge in [-0.05, 0) is 44.7 Å². The summed E-state index contributed by atoms with van der Waals surface area (Å²) >= 11 is 0. The zero-order valence-corrected chi connectivity index (χ0v) is 9.12. The van der Waals surface area contributed by atoms with Crippen LogP contribution < -0.4 is 0 Å². The van der Waals surface area contributed by atoms with Crippen LogP contribution in [0.4, 0.5) is 0 Å². The van der Waals surface area contributed by atoms with Crippen molar-refractivity contribution in [3.05, 3.63) is 23.5 Å². The molecule has 0 saturated carbocycles. The van der Waals surface area contributed by atoms with E-state index >= 15 is 0 Å². The van der Waals surface area contributed by atoms with Crippen molar-refractivity contribution in [2.24, 2.45) is 5.92 Å². The van der Waals surface area contributed by atoms with Crippen molar-refractivity contribution in [1.29, 1.82) is 0 Å².